The summed E-state index contributed by atoms with van der Waals surface area (Å²) in [6.45, 7) is 13.9. The molecule has 37 heavy (non-hydrogen) atoms. The zero-order valence-corrected chi connectivity index (χ0v) is 22.5. The first-order valence-electron chi connectivity index (χ1n) is 12.9. The summed E-state index contributed by atoms with van der Waals surface area (Å²) in [5.41, 5.74) is 8.01. The SMILES string of the molecule is CC(=O)OCc1ccc(C)c(C(O)CN2CCN(CC(O)c3c(C)cc4c(c3C)COC4=O)CC2)c1C. The van der Waals surface area contributed by atoms with Crippen LogP contribution < -0.4 is 0 Å². The van der Waals surface area contributed by atoms with Gasteiger partial charge in [0.25, 0.3) is 0 Å². The van der Waals surface area contributed by atoms with E-state index in [0.29, 0.717) is 18.7 Å². The van der Waals surface area contributed by atoms with E-state index in [2.05, 4.69) is 9.80 Å². The number of ether oxygens (including phenoxy) is 2. The summed E-state index contributed by atoms with van der Waals surface area (Å²) in [5.74, 6) is -0.613. The number of hydrogen-bond acceptors (Lipinski definition) is 8. The highest BCUT2D eigenvalue weighted by molar-refractivity contribution is 5.94. The van der Waals surface area contributed by atoms with Crippen LogP contribution in [0.15, 0.2) is 18.2 Å². The molecule has 1 fully saturated rings. The molecule has 2 heterocycles. The first-order valence-corrected chi connectivity index (χ1v) is 12.9. The van der Waals surface area contributed by atoms with Crippen LogP contribution in [0.3, 0.4) is 0 Å². The fourth-order valence-electron chi connectivity index (χ4n) is 5.72. The maximum absolute atomic E-state index is 11.9. The highest BCUT2D eigenvalue weighted by Crippen LogP contribution is 2.32. The van der Waals surface area contributed by atoms with Crippen molar-refractivity contribution in [3.8, 4) is 0 Å². The van der Waals surface area contributed by atoms with Crippen molar-refractivity contribution in [3.63, 3.8) is 0 Å². The van der Waals surface area contributed by atoms with E-state index >= 15 is 0 Å². The molecule has 0 aromatic heterocycles. The van der Waals surface area contributed by atoms with Gasteiger partial charge in [-0.15, -0.1) is 0 Å². The van der Waals surface area contributed by atoms with Gasteiger partial charge in [-0.05, 0) is 72.7 Å². The molecule has 2 aromatic carbocycles. The average molecular weight is 511 g/mol. The van der Waals surface area contributed by atoms with Crippen LogP contribution in [-0.2, 0) is 27.5 Å². The van der Waals surface area contributed by atoms with Crippen molar-refractivity contribution in [3.05, 3.63) is 68.3 Å². The van der Waals surface area contributed by atoms with E-state index < -0.39 is 12.2 Å². The van der Waals surface area contributed by atoms with Gasteiger partial charge in [-0.2, -0.15) is 0 Å². The average Bonchev–Trinajstić information content (AvgIpc) is 3.20. The van der Waals surface area contributed by atoms with Gasteiger partial charge in [0.2, 0.25) is 0 Å². The Hall–Kier alpha value is -2.78. The molecule has 1 saturated heterocycles. The van der Waals surface area contributed by atoms with Gasteiger partial charge in [0.05, 0.1) is 17.8 Å². The molecule has 0 aliphatic carbocycles. The van der Waals surface area contributed by atoms with E-state index in [-0.39, 0.29) is 25.2 Å². The lowest BCUT2D eigenvalue weighted by atomic mass is 9.91. The maximum atomic E-state index is 11.9. The lowest BCUT2D eigenvalue weighted by Gasteiger charge is -2.37. The first kappa shape index (κ1) is 27.3. The summed E-state index contributed by atoms with van der Waals surface area (Å²) in [4.78, 5) is 27.7. The number of benzene rings is 2. The number of hydrogen-bond donors (Lipinski definition) is 2. The smallest absolute Gasteiger partial charge is 0.338 e. The largest absolute Gasteiger partial charge is 0.461 e. The van der Waals surface area contributed by atoms with Crippen LogP contribution in [0.25, 0.3) is 0 Å². The monoisotopic (exact) mass is 510 g/mol. The summed E-state index contributed by atoms with van der Waals surface area (Å²) < 4.78 is 10.4. The summed E-state index contributed by atoms with van der Waals surface area (Å²) in [6.07, 6.45) is -1.29. The van der Waals surface area contributed by atoms with E-state index in [1.807, 2.05) is 45.9 Å². The van der Waals surface area contributed by atoms with Gasteiger partial charge in [-0.25, -0.2) is 4.79 Å². The van der Waals surface area contributed by atoms with Gasteiger partial charge in [0.1, 0.15) is 13.2 Å². The third-order valence-corrected chi connectivity index (χ3v) is 7.80. The Balaban J connectivity index is 1.35. The molecule has 200 valence electrons. The molecule has 2 atom stereocenters. The molecule has 8 nitrogen and oxygen atoms in total. The number of aliphatic hydroxyl groups excluding tert-OH is 2. The van der Waals surface area contributed by atoms with Gasteiger partial charge in [0.15, 0.2) is 0 Å². The van der Waals surface area contributed by atoms with Crippen molar-refractivity contribution >= 4 is 11.9 Å². The number of aryl methyl sites for hydroxylation is 2. The second kappa shape index (κ2) is 11.3. The number of β-amino-alcohol motifs (C(OH)–C–C–N with tert-alkyl or cyclic N) is 2. The molecule has 2 aliphatic rings. The Labute approximate surface area is 218 Å². The molecule has 2 unspecified atom stereocenters. The van der Waals surface area contributed by atoms with Gasteiger partial charge >= 0.3 is 11.9 Å². The summed E-state index contributed by atoms with van der Waals surface area (Å²) in [6, 6.07) is 5.75. The lowest BCUT2D eigenvalue weighted by Crippen LogP contribution is -2.48. The second-order valence-corrected chi connectivity index (χ2v) is 10.3. The molecule has 8 heteroatoms. The maximum Gasteiger partial charge on any atom is 0.338 e. The van der Waals surface area contributed by atoms with Gasteiger partial charge in [-0.1, -0.05) is 12.1 Å². The number of nitrogens with zero attached hydrogens (tertiary/aromatic N) is 2. The number of fused-ring (bicyclic) bond motifs is 1. The number of aliphatic hydroxyl groups is 2. The van der Waals surface area contributed by atoms with Crippen molar-refractivity contribution in [2.24, 2.45) is 0 Å². The standard InChI is InChI=1S/C29H38N2O6/c1-17-6-7-22(15-36-21(5)32)19(3)27(17)25(33)13-30-8-10-31(11-9-30)14-26(34)28-18(2)12-23-24(20(28)4)16-37-29(23)35/h6-7,12,25-26,33-34H,8-11,13-16H2,1-5H3. The molecule has 0 amide bonds. The number of cyclic esters (lactones) is 1. The molecule has 0 saturated carbocycles. The number of piperazine rings is 1. The number of carbonyl (C=O) groups is 2. The van der Waals surface area contributed by atoms with Crippen molar-refractivity contribution in [1.82, 2.24) is 9.80 Å². The zero-order valence-electron chi connectivity index (χ0n) is 22.5. The van der Waals surface area contributed by atoms with Crippen LogP contribution in [0.5, 0.6) is 0 Å². The van der Waals surface area contributed by atoms with E-state index in [0.717, 1.165) is 70.7 Å². The minimum atomic E-state index is -0.650. The Morgan fingerprint density at radius 2 is 1.51 bits per heavy atom. The van der Waals surface area contributed by atoms with Gasteiger partial charge < -0.3 is 19.7 Å². The summed E-state index contributed by atoms with van der Waals surface area (Å²) >= 11 is 0. The highest BCUT2D eigenvalue weighted by Gasteiger charge is 2.29. The number of carbonyl (C=O) groups excluding carboxylic acids is 2. The molecule has 4 rings (SSSR count). The Bertz CT molecular complexity index is 1190. The van der Waals surface area contributed by atoms with E-state index in [4.69, 9.17) is 9.47 Å². The number of esters is 2. The van der Waals surface area contributed by atoms with Crippen LogP contribution in [0.1, 0.15) is 74.0 Å². The van der Waals surface area contributed by atoms with Gasteiger partial charge in [-0.3, -0.25) is 14.6 Å². The van der Waals surface area contributed by atoms with Crippen LogP contribution in [0.2, 0.25) is 0 Å². The van der Waals surface area contributed by atoms with Gasteiger partial charge in [0, 0.05) is 51.8 Å². The fourth-order valence-corrected chi connectivity index (χ4v) is 5.72. The molecular weight excluding hydrogens is 472 g/mol. The predicted molar refractivity (Wildman–Crippen MR) is 139 cm³/mol. The van der Waals surface area contributed by atoms with E-state index in [1.54, 1.807) is 0 Å². The van der Waals surface area contributed by atoms with Crippen LogP contribution >= 0.6 is 0 Å². The van der Waals surface area contributed by atoms with Crippen molar-refractivity contribution in [2.75, 3.05) is 39.3 Å². The molecule has 0 radical (unpaired) electrons. The minimum Gasteiger partial charge on any atom is -0.461 e. The van der Waals surface area contributed by atoms with Crippen LogP contribution in [0.4, 0.5) is 0 Å². The Kier molecular flexibility index (Phi) is 8.33. The highest BCUT2D eigenvalue weighted by atomic mass is 16.5. The topological polar surface area (TPSA) is 99.5 Å². The third kappa shape index (κ3) is 5.88. The fraction of sp³-hybridized carbons (Fsp3) is 0.517. The van der Waals surface area contributed by atoms with Crippen molar-refractivity contribution in [1.29, 1.82) is 0 Å². The van der Waals surface area contributed by atoms with Crippen molar-refractivity contribution < 1.29 is 29.3 Å². The van der Waals surface area contributed by atoms with Crippen LogP contribution in [-0.4, -0.2) is 71.2 Å². The first-order chi connectivity index (χ1) is 17.6. The van der Waals surface area contributed by atoms with Crippen molar-refractivity contribution in [2.45, 2.75) is 60.0 Å². The summed E-state index contributed by atoms with van der Waals surface area (Å²) in [7, 11) is 0. The normalized spacial score (nSPS) is 17.9. The second-order valence-electron chi connectivity index (χ2n) is 10.3. The van der Waals surface area contributed by atoms with E-state index in [1.165, 1.54) is 6.92 Å². The molecule has 0 bridgehead atoms. The quantitative estimate of drug-likeness (QED) is 0.523. The van der Waals surface area contributed by atoms with E-state index in [9.17, 15) is 19.8 Å². The molecule has 2 aromatic rings. The Morgan fingerprint density at radius 1 is 0.946 bits per heavy atom. The molecular formula is C29H38N2O6. The third-order valence-electron chi connectivity index (χ3n) is 7.80. The molecule has 2 N–H and O–H groups in total. The minimum absolute atomic E-state index is 0.203. The predicted octanol–water partition coefficient (Wildman–Crippen LogP) is 3.04. The Morgan fingerprint density at radius 3 is 2.08 bits per heavy atom. The zero-order chi connectivity index (χ0) is 26.9. The molecule has 0 spiro atoms. The summed E-state index contributed by atoms with van der Waals surface area (Å²) in [5, 5.41) is 22.2. The molecule has 2 aliphatic heterocycles. The lowest BCUT2D eigenvalue weighted by molar-refractivity contribution is -0.142. The number of rotatable bonds is 8. The van der Waals surface area contributed by atoms with Crippen LogP contribution in [0, 0.1) is 27.7 Å².